The SMILES string of the molecule is CC(C)(C)c1ccc(CC2(O)CSCCC2(C)C)cc1. The van der Waals surface area contributed by atoms with E-state index in [1.165, 1.54) is 11.1 Å². The molecule has 1 aromatic rings. The van der Waals surface area contributed by atoms with Gasteiger partial charge in [-0.2, -0.15) is 11.8 Å². The van der Waals surface area contributed by atoms with E-state index in [9.17, 15) is 5.11 Å². The predicted octanol–water partition coefficient (Wildman–Crippen LogP) is 4.42. The van der Waals surface area contributed by atoms with Crippen molar-refractivity contribution >= 4 is 11.8 Å². The second-order valence-corrected chi connectivity index (χ2v) is 8.95. The van der Waals surface area contributed by atoms with Crippen LogP contribution in [0.3, 0.4) is 0 Å². The molecule has 1 atom stereocenters. The standard InChI is InChI=1S/C18H28OS/c1-16(2,3)15-8-6-14(7-9-15)12-18(19)13-20-11-10-17(18,4)5/h6-9,19H,10-13H2,1-5H3. The maximum atomic E-state index is 11.1. The first-order valence-electron chi connectivity index (χ1n) is 7.54. The van der Waals surface area contributed by atoms with E-state index in [-0.39, 0.29) is 10.8 Å². The van der Waals surface area contributed by atoms with Crippen molar-refractivity contribution in [2.75, 3.05) is 11.5 Å². The quantitative estimate of drug-likeness (QED) is 0.870. The highest BCUT2D eigenvalue weighted by atomic mass is 32.2. The molecule has 0 bridgehead atoms. The summed E-state index contributed by atoms with van der Waals surface area (Å²) < 4.78 is 0. The summed E-state index contributed by atoms with van der Waals surface area (Å²) in [5.74, 6) is 2.01. The van der Waals surface area contributed by atoms with Gasteiger partial charge in [-0.15, -0.1) is 0 Å². The Balaban J connectivity index is 2.17. The van der Waals surface area contributed by atoms with E-state index >= 15 is 0 Å². The maximum Gasteiger partial charge on any atom is 0.0828 e. The van der Waals surface area contributed by atoms with Crippen LogP contribution in [0.5, 0.6) is 0 Å². The van der Waals surface area contributed by atoms with E-state index in [1.807, 2.05) is 11.8 Å². The molecule has 0 aromatic heterocycles. The Morgan fingerprint density at radius 1 is 1.15 bits per heavy atom. The molecule has 112 valence electrons. The van der Waals surface area contributed by atoms with Crippen molar-refractivity contribution in [1.82, 2.24) is 0 Å². The van der Waals surface area contributed by atoms with Crippen LogP contribution in [0.15, 0.2) is 24.3 Å². The lowest BCUT2D eigenvalue weighted by molar-refractivity contribution is -0.0513. The maximum absolute atomic E-state index is 11.1. The number of thioether (sulfide) groups is 1. The largest absolute Gasteiger partial charge is 0.388 e. The van der Waals surface area contributed by atoms with E-state index < -0.39 is 5.60 Å². The summed E-state index contributed by atoms with van der Waals surface area (Å²) >= 11 is 1.88. The molecule has 0 amide bonds. The second-order valence-electron chi connectivity index (χ2n) is 7.84. The third kappa shape index (κ3) is 3.23. The smallest absolute Gasteiger partial charge is 0.0828 e. The van der Waals surface area contributed by atoms with Crippen molar-refractivity contribution in [3.8, 4) is 0 Å². The second kappa shape index (κ2) is 5.38. The summed E-state index contributed by atoms with van der Waals surface area (Å²) in [4.78, 5) is 0. The minimum atomic E-state index is -0.584. The molecule has 1 N–H and O–H groups in total. The van der Waals surface area contributed by atoms with Crippen LogP contribution >= 0.6 is 11.8 Å². The highest BCUT2D eigenvalue weighted by Crippen LogP contribution is 2.44. The van der Waals surface area contributed by atoms with Crippen LogP contribution in [0.2, 0.25) is 0 Å². The molecular weight excluding hydrogens is 264 g/mol. The van der Waals surface area contributed by atoms with Crippen LogP contribution < -0.4 is 0 Å². The third-order valence-corrected chi connectivity index (χ3v) is 5.96. The first-order valence-corrected chi connectivity index (χ1v) is 8.69. The molecule has 20 heavy (non-hydrogen) atoms. The molecule has 1 saturated heterocycles. The van der Waals surface area contributed by atoms with Gasteiger partial charge in [0.2, 0.25) is 0 Å². The van der Waals surface area contributed by atoms with E-state index in [2.05, 4.69) is 58.9 Å². The van der Waals surface area contributed by atoms with Crippen LogP contribution in [0, 0.1) is 5.41 Å². The Hall–Kier alpha value is -0.470. The van der Waals surface area contributed by atoms with E-state index in [4.69, 9.17) is 0 Å². The van der Waals surface area contributed by atoms with Crippen molar-refractivity contribution in [3.05, 3.63) is 35.4 Å². The summed E-state index contributed by atoms with van der Waals surface area (Å²) in [7, 11) is 0. The fourth-order valence-corrected chi connectivity index (χ4v) is 4.38. The van der Waals surface area contributed by atoms with Gasteiger partial charge in [0.1, 0.15) is 0 Å². The normalized spacial score (nSPS) is 26.5. The van der Waals surface area contributed by atoms with Crippen LogP contribution in [-0.4, -0.2) is 22.2 Å². The Morgan fingerprint density at radius 3 is 2.25 bits per heavy atom. The molecule has 1 aliphatic rings. The summed E-state index contributed by atoms with van der Waals surface area (Å²) in [5.41, 5.74) is 2.21. The lowest BCUT2D eigenvalue weighted by Crippen LogP contribution is -2.51. The molecule has 0 spiro atoms. The number of aliphatic hydroxyl groups is 1. The van der Waals surface area contributed by atoms with Gasteiger partial charge in [-0.3, -0.25) is 0 Å². The van der Waals surface area contributed by atoms with Crippen LogP contribution in [0.25, 0.3) is 0 Å². The molecule has 2 heteroatoms. The summed E-state index contributed by atoms with van der Waals surface area (Å²) in [6, 6.07) is 8.80. The molecule has 1 aromatic carbocycles. The molecular formula is C18H28OS. The third-order valence-electron chi connectivity index (χ3n) is 4.79. The zero-order valence-corrected chi connectivity index (χ0v) is 14.3. The first kappa shape index (κ1) is 15.9. The van der Waals surface area contributed by atoms with Crippen molar-refractivity contribution in [1.29, 1.82) is 0 Å². The monoisotopic (exact) mass is 292 g/mol. The van der Waals surface area contributed by atoms with Crippen molar-refractivity contribution in [3.63, 3.8) is 0 Å². The summed E-state index contributed by atoms with van der Waals surface area (Å²) in [5, 5.41) is 11.1. The molecule has 1 heterocycles. The predicted molar refractivity (Wildman–Crippen MR) is 89.5 cm³/mol. The van der Waals surface area contributed by atoms with Gasteiger partial charge in [-0.05, 0) is 34.1 Å². The van der Waals surface area contributed by atoms with E-state index in [0.29, 0.717) is 0 Å². The lowest BCUT2D eigenvalue weighted by atomic mass is 9.70. The Bertz CT molecular complexity index is 455. The molecule has 0 radical (unpaired) electrons. The van der Waals surface area contributed by atoms with Crippen molar-refractivity contribution in [2.45, 2.75) is 58.5 Å². The van der Waals surface area contributed by atoms with Gasteiger partial charge in [0.05, 0.1) is 5.60 Å². The number of hydrogen-bond donors (Lipinski definition) is 1. The molecule has 1 fully saturated rings. The fourth-order valence-electron chi connectivity index (χ4n) is 2.75. The van der Waals surface area contributed by atoms with E-state index in [0.717, 1.165) is 24.3 Å². The van der Waals surface area contributed by atoms with E-state index in [1.54, 1.807) is 0 Å². The molecule has 1 aliphatic heterocycles. The Morgan fingerprint density at radius 2 is 1.75 bits per heavy atom. The Kier molecular flexibility index (Phi) is 4.28. The van der Waals surface area contributed by atoms with Crippen molar-refractivity contribution in [2.24, 2.45) is 5.41 Å². The fraction of sp³-hybridized carbons (Fsp3) is 0.667. The van der Waals surface area contributed by atoms with Crippen molar-refractivity contribution < 1.29 is 5.11 Å². The number of benzene rings is 1. The molecule has 2 rings (SSSR count). The topological polar surface area (TPSA) is 20.2 Å². The van der Waals surface area contributed by atoms with Gasteiger partial charge in [0.25, 0.3) is 0 Å². The minimum absolute atomic E-state index is 0.000941. The first-order chi connectivity index (χ1) is 9.14. The molecule has 0 aliphatic carbocycles. The van der Waals surface area contributed by atoms with Gasteiger partial charge >= 0.3 is 0 Å². The van der Waals surface area contributed by atoms with Gasteiger partial charge in [0, 0.05) is 12.2 Å². The van der Waals surface area contributed by atoms with Gasteiger partial charge in [-0.25, -0.2) is 0 Å². The molecule has 0 saturated carbocycles. The highest BCUT2D eigenvalue weighted by molar-refractivity contribution is 7.99. The summed E-state index contributed by atoms with van der Waals surface area (Å²) in [6.45, 7) is 11.1. The van der Waals surface area contributed by atoms with Crippen LogP contribution in [0.1, 0.15) is 52.2 Å². The van der Waals surface area contributed by atoms with Gasteiger partial charge < -0.3 is 5.11 Å². The van der Waals surface area contributed by atoms with Crippen LogP contribution in [0.4, 0.5) is 0 Å². The lowest BCUT2D eigenvalue weighted by Gasteiger charge is -2.46. The molecule has 1 nitrogen and oxygen atoms in total. The number of hydrogen-bond acceptors (Lipinski definition) is 2. The Labute approximate surface area is 128 Å². The van der Waals surface area contributed by atoms with Gasteiger partial charge in [0.15, 0.2) is 0 Å². The average molecular weight is 292 g/mol. The highest BCUT2D eigenvalue weighted by Gasteiger charge is 2.45. The summed E-state index contributed by atoms with van der Waals surface area (Å²) in [6.07, 6.45) is 1.85. The van der Waals surface area contributed by atoms with Crippen LogP contribution in [-0.2, 0) is 11.8 Å². The number of rotatable bonds is 2. The average Bonchev–Trinajstić information content (AvgIpc) is 2.33. The molecule has 1 unspecified atom stereocenters. The minimum Gasteiger partial charge on any atom is -0.388 e. The zero-order chi connectivity index (χ0) is 15.0. The van der Waals surface area contributed by atoms with Gasteiger partial charge in [-0.1, -0.05) is 58.9 Å². The zero-order valence-electron chi connectivity index (χ0n) is 13.5.